The largest absolute Gasteiger partial charge is 0.378 e. The zero-order valence-corrected chi connectivity index (χ0v) is 16.4. The first-order valence-corrected chi connectivity index (χ1v) is 9.16. The molecule has 0 aliphatic rings. The third kappa shape index (κ3) is 3.70. The molecule has 4 aromatic rings. The van der Waals surface area contributed by atoms with Gasteiger partial charge in [-0.3, -0.25) is 9.89 Å². The number of aromatic amines is 1. The molecule has 0 bridgehead atoms. The lowest BCUT2D eigenvalue weighted by Crippen LogP contribution is -2.16. The van der Waals surface area contributed by atoms with Crippen molar-refractivity contribution in [2.24, 2.45) is 0 Å². The van der Waals surface area contributed by atoms with Gasteiger partial charge >= 0.3 is 0 Å². The number of hydrogen-bond acceptors (Lipinski definition) is 3. The van der Waals surface area contributed by atoms with Gasteiger partial charge in [-0.15, -0.1) is 0 Å². The van der Waals surface area contributed by atoms with E-state index in [0.29, 0.717) is 17.0 Å². The Labute approximate surface area is 174 Å². The molecule has 0 fully saturated rings. The van der Waals surface area contributed by atoms with E-state index >= 15 is 0 Å². The maximum atomic E-state index is 13.9. The number of nitrogens with zero attached hydrogens (tertiary/aromatic N) is 2. The smallest absolute Gasteiger partial charge is 0.260 e. The Morgan fingerprint density at radius 1 is 0.903 bits per heavy atom. The lowest BCUT2D eigenvalue weighted by molar-refractivity contribution is 0.102. The van der Waals surface area contributed by atoms with Crippen molar-refractivity contribution < 1.29 is 22.4 Å². The van der Waals surface area contributed by atoms with Crippen LogP contribution in [0.4, 0.5) is 29.1 Å². The van der Waals surface area contributed by atoms with Crippen molar-refractivity contribution in [2.45, 2.75) is 0 Å². The number of carbonyl (C=O) groups excluding carboxylic acids is 1. The summed E-state index contributed by atoms with van der Waals surface area (Å²) in [5.74, 6) is -8.60. The van der Waals surface area contributed by atoms with Gasteiger partial charge in [0.1, 0.15) is 0 Å². The molecule has 1 amide bonds. The number of H-pyrrole nitrogens is 1. The number of fused-ring (bicyclic) bond motifs is 1. The molecule has 5 nitrogen and oxygen atoms in total. The Morgan fingerprint density at radius 3 is 2.26 bits per heavy atom. The second-order valence-corrected chi connectivity index (χ2v) is 7.08. The molecule has 1 heterocycles. The highest BCUT2D eigenvalue weighted by atomic mass is 19.2. The molecule has 9 heteroatoms. The predicted molar refractivity (Wildman–Crippen MR) is 110 cm³/mol. The van der Waals surface area contributed by atoms with Gasteiger partial charge in [0.15, 0.2) is 29.1 Å². The molecule has 0 aliphatic heterocycles. The molecule has 0 atom stereocenters. The van der Waals surface area contributed by atoms with E-state index in [4.69, 9.17) is 0 Å². The number of anilines is 2. The Balaban J connectivity index is 1.62. The monoisotopic (exact) mass is 428 g/mol. The molecular weight excluding hydrogens is 412 g/mol. The van der Waals surface area contributed by atoms with Crippen LogP contribution in [0, 0.1) is 23.3 Å². The number of nitrogens with one attached hydrogen (secondary N) is 2. The fourth-order valence-electron chi connectivity index (χ4n) is 3.16. The summed E-state index contributed by atoms with van der Waals surface area (Å²) in [6.45, 7) is 0. The second-order valence-electron chi connectivity index (χ2n) is 7.08. The van der Waals surface area contributed by atoms with E-state index in [9.17, 15) is 22.4 Å². The number of carbonyl (C=O) groups is 1. The van der Waals surface area contributed by atoms with Gasteiger partial charge in [0.25, 0.3) is 5.91 Å². The van der Waals surface area contributed by atoms with E-state index in [1.54, 1.807) is 6.07 Å². The van der Waals surface area contributed by atoms with Gasteiger partial charge in [0.2, 0.25) is 0 Å². The molecule has 0 radical (unpaired) electrons. The van der Waals surface area contributed by atoms with Crippen LogP contribution in [0.25, 0.3) is 22.0 Å². The molecule has 4 rings (SSSR count). The van der Waals surface area contributed by atoms with Crippen LogP contribution in [-0.2, 0) is 0 Å². The Bertz CT molecular complexity index is 1300. The van der Waals surface area contributed by atoms with Gasteiger partial charge in [0, 0.05) is 25.2 Å². The molecule has 158 valence electrons. The normalized spacial score (nSPS) is 11.0. The Morgan fingerprint density at radius 2 is 1.58 bits per heavy atom. The van der Waals surface area contributed by atoms with Crippen LogP contribution in [0.5, 0.6) is 0 Å². The first-order valence-electron chi connectivity index (χ1n) is 9.16. The quantitative estimate of drug-likeness (QED) is 0.270. The Kier molecular flexibility index (Phi) is 5.10. The third-order valence-electron chi connectivity index (χ3n) is 4.86. The van der Waals surface area contributed by atoms with Crippen molar-refractivity contribution in [1.29, 1.82) is 0 Å². The minimum atomic E-state index is -2.05. The summed E-state index contributed by atoms with van der Waals surface area (Å²) >= 11 is 0. The summed E-state index contributed by atoms with van der Waals surface area (Å²) in [6.07, 6.45) is 0. The highest BCUT2D eigenvalue weighted by Crippen LogP contribution is 2.29. The lowest BCUT2D eigenvalue weighted by Gasteiger charge is -2.12. The zero-order valence-electron chi connectivity index (χ0n) is 16.4. The van der Waals surface area contributed by atoms with Crippen LogP contribution < -0.4 is 10.2 Å². The van der Waals surface area contributed by atoms with E-state index < -0.39 is 34.7 Å². The number of hydrogen-bond donors (Lipinski definition) is 2. The van der Waals surface area contributed by atoms with Crippen LogP contribution in [0.3, 0.4) is 0 Å². The zero-order chi connectivity index (χ0) is 22.3. The molecule has 1 aromatic heterocycles. The van der Waals surface area contributed by atoms with E-state index in [2.05, 4.69) is 15.5 Å². The molecule has 0 saturated carbocycles. The molecule has 2 N–H and O–H groups in total. The second kappa shape index (κ2) is 7.75. The summed E-state index contributed by atoms with van der Waals surface area (Å²) in [6, 6.07) is 13.5. The maximum Gasteiger partial charge on any atom is 0.260 e. The SMILES string of the molecule is CN(C)c1ccc(-c2ccc3c(NC(=O)c4cc(F)c(F)c(F)c4F)n[nH]c3c2)cc1. The first-order chi connectivity index (χ1) is 14.8. The molecule has 0 spiro atoms. The molecule has 0 unspecified atom stereocenters. The van der Waals surface area contributed by atoms with Gasteiger partial charge in [-0.25, -0.2) is 17.6 Å². The lowest BCUT2D eigenvalue weighted by atomic mass is 10.0. The number of halogens is 4. The van der Waals surface area contributed by atoms with Crippen LogP contribution in [0.2, 0.25) is 0 Å². The highest BCUT2D eigenvalue weighted by molar-refractivity contribution is 6.08. The van der Waals surface area contributed by atoms with Crippen LogP contribution in [-0.4, -0.2) is 30.2 Å². The number of benzene rings is 3. The van der Waals surface area contributed by atoms with Gasteiger partial charge in [-0.05, 0) is 41.5 Å². The van der Waals surface area contributed by atoms with Crippen molar-refractivity contribution in [3.63, 3.8) is 0 Å². The molecule has 0 saturated heterocycles. The average molecular weight is 428 g/mol. The van der Waals surface area contributed by atoms with Crippen molar-refractivity contribution in [3.8, 4) is 11.1 Å². The standard InChI is InChI=1S/C22H16F4N4O/c1-30(2)13-6-3-11(4-7-13)12-5-8-14-17(9-12)28-29-21(14)27-22(31)15-10-16(23)19(25)20(26)18(15)24/h3-10H,1-2H3,(H2,27,28,29,31). The highest BCUT2D eigenvalue weighted by Gasteiger charge is 2.24. The van der Waals surface area contributed by atoms with Gasteiger partial charge in [0.05, 0.1) is 11.1 Å². The van der Waals surface area contributed by atoms with E-state index in [1.807, 2.05) is 55.4 Å². The van der Waals surface area contributed by atoms with E-state index in [-0.39, 0.29) is 5.82 Å². The fourth-order valence-corrected chi connectivity index (χ4v) is 3.16. The van der Waals surface area contributed by atoms with Gasteiger partial charge in [-0.2, -0.15) is 5.10 Å². The van der Waals surface area contributed by atoms with E-state index in [0.717, 1.165) is 16.8 Å². The molecule has 3 aromatic carbocycles. The summed E-state index contributed by atoms with van der Waals surface area (Å²) < 4.78 is 53.8. The van der Waals surface area contributed by atoms with Gasteiger partial charge < -0.3 is 10.2 Å². The average Bonchev–Trinajstić information content (AvgIpc) is 3.16. The van der Waals surface area contributed by atoms with E-state index in [1.165, 1.54) is 0 Å². The van der Waals surface area contributed by atoms with Crippen molar-refractivity contribution >= 4 is 28.3 Å². The van der Waals surface area contributed by atoms with Crippen molar-refractivity contribution in [2.75, 3.05) is 24.3 Å². The molecular formula is C22H16F4N4O. The van der Waals surface area contributed by atoms with Crippen molar-refractivity contribution in [1.82, 2.24) is 10.2 Å². The third-order valence-corrected chi connectivity index (χ3v) is 4.86. The van der Waals surface area contributed by atoms with Crippen LogP contribution in [0.15, 0.2) is 48.5 Å². The molecule has 31 heavy (non-hydrogen) atoms. The van der Waals surface area contributed by atoms with Crippen LogP contribution >= 0.6 is 0 Å². The number of amides is 1. The maximum absolute atomic E-state index is 13.9. The predicted octanol–water partition coefficient (Wildman–Crippen LogP) is 5.10. The number of aromatic nitrogens is 2. The minimum Gasteiger partial charge on any atom is -0.378 e. The van der Waals surface area contributed by atoms with Gasteiger partial charge in [-0.1, -0.05) is 18.2 Å². The summed E-state index contributed by atoms with van der Waals surface area (Å²) in [5.41, 5.74) is 2.53. The Hall–Kier alpha value is -3.88. The summed E-state index contributed by atoms with van der Waals surface area (Å²) in [7, 11) is 3.89. The van der Waals surface area contributed by atoms with Crippen molar-refractivity contribution in [3.05, 3.63) is 77.4 Å². The summed E-state index contributed by atoms with van der Waals surface area (Å²) in [4.78, 5) is 14.3. The first kappa shape index (κ1) is 20.4. The summed E-state index contributed by atoms with van der Waals surface area (Å²) in [5, 5.41) is 9.53. The van der Waals surface area contributed by atoms with Crippen LogP contribution in [0.1, 0.15) is 10.4 Å². The topological polar surface area (TPSA) is 61.0 Å². The number of rotatable bonds is 4. The minimum absolute atomic E-state index is 0.0408. The fraction of sp³-hybridized carbons (Fsp3) is 0.0909. The molecule has 0 aliphatic carbocycles.